The maximum atomic E-state index is 12.9. The molecule has 0 spiro atoms. The summed E-state index contributed by atoms with van der Waals surface area (Å²) in [5.74, 6) is 0. The Hall–Kier alpha value is -2.92. The Bertz CT molecular complexity index is 917. The summed E-state index contributed by atoms with van der Waals surface area (Å²) in [6, 6.07) is 3.65. The maximum absolute atomic E-state index is 12.9. The van der Waals surface area contributed by atoms with E-state index in [0.29, 0.717) is 4.90 Å². The van der Waals surface area contributed by atoms with Gasteiger partial charge < -0.3 is 0 Å². The van der Waals surface area contributed by atoms with Crippen LogP contribution in [0.3, 0.4) is 0 Å². The molecule has 0 radical (unpaired) electrons. The van der Waals surface area contributed by atoms with Crippen molar-refractivity contribution in [2.24, 2.45) is 0 Å². The predicted octanol–water partition coefficient (Wildman–Crippen LogP) is 5.12. The van der Waals surface area contributed by atoms with E-state index in [0.717, 1.165) is 12.1 Å². The van der Waals surface area contributed by atoms with Crippen molar-refractivity contribution in [3.63, 3.8) is 0 Å². The van der Waals surface area contributed by atoms with Crippen LogP contribution in [0.4, 0.5) is 35.9 Å². The minimum atomic E-state index is -5.08. The van der Waals surface area contributed by atoms with Gasteiger partial charge in [0, 0.05) is 12.1 Å². The lowest BCUT2D eigenvalue weighted by atomic mass is 10.1. The maximum Gasteiger partial charge on any atom is 0.416 e. The lowest BCUT2D eigenvalue weighted by molar-refractivity contribution is -0.392. The van der Waals surface area contributed by atoms with E-state index in [-0.39, 0.29) is 34.3 Å². The Morgan fingerprint density at radius 3 is 1.85 bits per heavy atom. The molecule has 0 aliphatic rings. The van der Waals surface area contributed by atoms with Crippen LogP contribution in [0, 0.1) is 20.2 Å². The number of amides is 1. The Morgan fingerprint density at radius 1 is 0.963 bits per heavy atom. The van der Waals surface area contributed by atoms with Crippen LogP contribution in [-0.4, -0.2) is 16.3 Å². The monoisotopic (exact) mass is 423 g/mol. The van der Waals surface area contributed by atoms with Gasteiger partial charge >= 0.3 is 17.6 Å². The molecule has 8 nitrogen and oxygen atoms in total. The number of alkyl halides is 3. The molecule has 0 saturated carbocycles. The minimum absolute atomic E-state index is 0.0256. The number of halogens is 5. The summed E-state index contributed by atoms with van der Waals surface area (Å²) in [5, 5.41) is 22.5. The van der Waals surface area contributed by atoms with E-state index < -0.39 is 38.6 Å². The molecule has 2 aromatic rings. The molecule has 0 bridgehead atoms. The van der Waals surface area contributed by atoms with Gasteiger partial charge in [-0.25, -0.2) is 0 Å². The number of nitrogens with zero attached hydrogens (tertiary/aromatic N) is 3. The summed E-state index contributed by atoms with van der Waals surface area (Å²) in [7, 11) is 0. The van der Waals surface area contributed by atoms with Gasteiger partial charge in [0.2, 0.25) is 12.1 Å². The zero-order valence-electron chi connectivity index (χ0n) is 12.7. The zero-order chi connectivity index (χ0) is 20.5. The highest BCUT2D eigenvalue weighted by Gasteiger charge is 2.39. The van der Waals surface area contributed by atoms with Crippen molar-refractivity contribution in [3.05, 3.63) is 66.2 Å². The molecule has 0 heterocycles. The van der Waals surface area contributed by atoms with Crippen molar-refractivity contribution >= 4 is 52.4 Å². The van der Waals surface area contributed by atoms with Crippen molar-refractivity contribution < 1.29 is 27.8 Å². The first-order valence-electron chi connectivity index (χ1n) is 6.71. The van der Waals surface area contributed by atoms with Crippen molar-refractivity contribution in [2.75, 3.05) is 4.90 Å². The second kappa shape index (κ2) is 7.37. The molecule has 0 fully saturated rings. The van der Waals surface area contributed by atoms with Crippen molar-refractivity contribution in [2.45, 2.75) is 6.18 Å². The van der Waals surface area contributed by atoms with Gasteiger partial charge in [-0.1, -0.05) is 23.2 Å². The number of rotatable bonds is 5. The topological polar surface area (TPSA) is 107 Å². The van der Waals surface area contributed by atoms with Crippen molar-refractivity contribution in [3.8, 4) is 0 Å². The number of nitro benzene ring substituents is 2. The molecule has 27 heavy (non-hydrogen) atoms. The SMILES string of the molecule is O=CN(c1ccc(Cl)c(Cl)c1)c1c([N+](=O)[O-])cc(C(F)(F)F)cc1[N+](=O)[O-]. The van der Waals surface area contributed by atoms with Crippen LogP contribution in [-0.2, 0) is 11.0 Å². The van der Waals surface area contributed by atoms with Gasteiger partial charge in [-0.05, 0) is 18.2 Å². The summed E-state index contributed by atoms with van der Waals surface area (Å²) >= 11 is 11.5. The van der Waals surface area contributed by atoms with Gasteiger partial charge in [0.25, 0.3) is 0 Å². The third-order valence-electron chi connectivity index (χ3n) is 3.32. The molecule has 2 rings (SSSR count). The number of hydrogen-bond acceptors (Lipinski definition) is 5. The number of benzene rings is 2. The molecule has 142 valence electrons. The number of anilines is 2. The first kappa shape index (κ1) is 20.4. The molecule has 0 unspecified atom stereocenters. The second-order valence-corrected chi connectivity index (χ2v) is 5.76. The van der Waals surface area contributed by atoms with Gasteiger partial charge in [-0.3, -0.25) is 29.9 Å². The fourth-order valence-electron chi connectivity index (χ4n) is 2.17. The van der Waals surface area contributed by atoms with Crippen LogP contribution in [0.15, 0.2) is 30.3 Å². The molecular formula is C14H6Cl2F3N3O5. The average molecular weight is 424 g/mol. The van der Waals surface area contributed by atoms with Crippen LogP contribution in [0.2, 0.25) is 10.0 Å². The van der Waals surface area contributed by atoms with E-state index in [1.165, 1.54) is 6.07 Å². The zero-order valence-corrected chi connectivity index (χ0v) is 14.2. The Balaban J connectivity index is 2.86. The molecule has 1 amide bonds. The van der Waals surface area contributed by atoms with E-state index >= 15 is 0 Å². The molecule has 0 saturated heterocycles. The summed E-state index contributed by atoms with van der Waals surface area (Å²) in [4.78, 5) is 32.0. The van der Waals surface area contributed by atoms with Gasteiger partial charge in [0.15, 0.2) is 0 Å². The van der Waals surface area contributed by atoms with E-state index in [1.807, 2.05) is 0 Å². The van der Waals surface area contributed by atoms with E-state index in [9.17, 15) is 38.2 Å². The molecule has 0 atom stereocenters. The van der Waals surface area contributed by atoms with Crippen molar-refractivity contribution in [1.82, 2.24) is 0 Å². The largest absolute Gasteiger partial charge is 0.416 e. The minimum Gasteiger partial charge on any atom is -0.278 e. The summed E-state index contributed by atoms with van der Waals surface area (Å²) < 4.78 is 38.8. The third-order valence-corrected chi connectivity index (χ3v) is 4.06. The van der Waals surface area contributed by atoms with Gasteiger partial charge in [0.1, 0.15) is 0 Å². The average Bonchev–Trinajstić information content (AvgIpc) is 2.57. The predicted molar refractivity (Wildman–Crippen MR) is 89.4 cm³/mol. The quantitative estimate of drug-likeness (QED) is 0.376. The summed E-state index contributed by atoms with van der Waals surface area (Å²) in [5.41, 5.74) is -5.30. The highest BCUT2D eigenvalue weighted by Crippen LogP contribution is 2.45. The molecule has 2 aromatic carbocycles. The standard InChI is InChI=1S/C14H6Cl2F3N3O5/c15-9-2-1-8(5-10(9)16)20(6-23)13-11(21(24)25)3-7(14(17,18)19)4-12(13)22(26)27/h1-6H. The van der Waals surface area contributed by atoms with Crippen LogP contribution < -0.4 is 4.90 Å². The van der Waals surface area contributed by atoms with E-state index in [1.54, 1.807) is 0 Å². The van der Waals surface area contributed by atoms with Gasteiger partial charge in [-0.15, -0.1) is 0 Å². The Morgan fingerprint density at radius 2 is 1.48 bits per heavy atom. The molecule has 0 aromatic heterocycles. The van der Waals surface area contributed by atoms with E-state index in [2.05, 4.69) is 0 Å². The third kappa shape index (κ3) is 4.09. The number of carbonyl (C=O) groups excluding carboxylic acids is 1. The normalized spacial score (nSPS) is 11.1. The highest BCUT2D eigenvalue weighted by molar-refractivity contribution is 6.42. The van der Waals surface area contributed by atoms with Crippen molar-refractivity contribution in [1.29, 1.82) is 0 Å². The Labute approximate surface area is 158 Å². The number of carbonyl (C=O) groups is 1. The smallest absolute Gasteiger partial charge is 0.278 e. The lowest BCUT2D eigenvalue weighted by Crippen LogP contribution is -2.18. The molecular weight excluding hydrogens is 418 g/mol. The Kier molecular flexibility index (Phi) is 5.56. The fraction of sp³-hybridized carbons (Fsp3) is 0.0714. The molecule has 0 aliphatic heterocycles. The number of hydrogen-bond donors (Lipinski definition) is 0. The highest BCUT2D eigenvalue weighted by atomic mass is 35.5. The number of nitro groups is 2. The molecule has 0 aliphatic carbocycles. The summed E-state index contributed by atoms with van der Waals surface area (Å²) in [6.07, 6.45) is -5.11. The summed E-state index contributed by atoms with van der Waals surface area (Å²) in [6.45, 7) is 0. The first-order chi connectivity index (χ1) is 12.5. The molecule has 0 N–H and O–H groups in total. The van der Waals surface area contributed by atoms with Gasteiger partial charge in [-0.2, -0.15) is 13.2 Å². The fourth-order valence-corrected chi connectivity index (χ4v) is 2.46. The van der Waals surface area contributed by atoms with Crippen LogP contribution in [0.25, 0.3) is 0 Å². The molecule has 13 heteroatoms. The first-order valence-corrected chi connectivity index (χ1v) is 7.46. The lowest BCUT2D eigenvalue weighted by Gasteiger charge is -2.19. The second-order valence-electron chi connectivity index (χ2n) is 4.95. The van der Waals surface area contributed by atoms with Crippen LogP contribution in [0.5, 0.6) is 0 Å². The van der Waals surface area contributed by atoms with Crippen LogP contribution in [0.1, 0.15) is 5.56 Å². The van der Waals surface area contributed by atoms with Crippen LogP contribution >= 0.6 is 23.2 Å². The van der Waals surface area contributed by atoms with E-state index in [4.69, 9.17) is 23.2 Å². The van der Waals surface area contributed by atoms with Gasteiger partial charge in [0.05, 0.1) is 31.1 Å².